The van der Waals surface area contributed by atoms with Crippen LogP contribution in [0.2, 0.25) is 0 Å². The Morgan fingerprint density at radius 2 is 1.77 bits per heavy atom. The Balaban J connectivity index is 2.16. The lowest BCUT2D eigenvalue weighted by atomic mass is 9.91. The fraction of sp³-hybridized carbons (Fsp3) is 1.00. The third kappa shape index (κ3) is 3.28. The van der Waals surface area contributed by atoms with Gasteiger partial charge in [0, 0.05) is 5.54 Å². The van der Waals surface area contributed by atoms with E-state index in [-0.39, 0.29) is 0 Å². The predicted molar refractivity (Wildman–Crippen MR) is 58.0 cm³/mol. The van der Waals surface area contributed by atoms with E-state index in [9.17, 15) is 0 Å². The Bertz CT molecular complexity index is 128. The summed E-state index contributed by atoms with van der Waals surface area (Å²) in [4.78, 5) is 0. The highest BCUT2D eigenvalue weighted by atomic mass is 14.9. The summed E-state index contributed by atoms with van der Waals surface area (Å²) in [5.74, 6) is 0. The molecule has 1 fully saturated rings. The molecule has 0 bridgehead atoms. The molecule has 2 heteroatoms. The molecule has 2 N–H and O–H groups in total. The normalized spacial score (nSPS) is 20.8. The SMILES string of the molecule is CNCCCCC1(NC)CCCC1. The van der Waals surface area contributed by atoms with E-state index in [1.807, 2.05) is 7.05 Å². The first-order chi connectivity index (χ1) is 6.33. The first-order valence-electron chi connectivity index (χ1n) is 5.66. The van der Waals surface area contributed by atoms with Gasteiger partial charge in [-0.25, -0.2) is 0 Å². The van der Waals surface area contributed by atoms with Crippen LogP contribution in [0.25, 0.3) is 0 Å². The zero-order valence-corrected chi connectivity index (χ0v) is 9.16. The quantitative estimate of drug-likeness (QED) is 0.616. The van der Waals surface area contributed by atoms with Crippen LogP contribution in [0.4, 0.5) is 0 Å². The van der Waals surface area contributed by atoms with Crippen LogP contribution in [0.1, 0.15) is 44.9 Å². The Labute approximate surface area is 82.5 Å². The van der Waals surface area contributed by atoms with Crippen LogP contribution in [-0.2, 0) is 0 Å². The number of hydrogen-bond acceptors (Lipinski definition) is 2. The van der Waals surface area contributed by atoms with E-state index in [1.165, 1.54) is 51.5 Å². The van der Waals surface area contributed by atoms with Crippen molar-refractivity contribution in [3.8, 4) is 0 Å². The van der Waals surface area contributed by atoms with E-state index in [4.69, 9.17) is 0 Å². The van der Waals surface area contributed by atoms with Gasteiger partial charge in [0.15, 0.2) is 0 Å². The molecule has 0 amide bonds. The van der Waals surface area contributed by atoms with Gasteiger partial charge in [-0.05, 0) is 46.3 Å². The first-order valence-corrected chi connectivity index (χ1v) is 5.66. The van der Waals surface area contributed by atoms with Gasteiger partial charge in [0.2, 0.25) is 0 Å². The lowest BCUT2D eigenvalue weighted by Gasteiger charge is -2.28. The van der Waals surface area contributed by atoms with Crippen molar-refractivity contribution in [1.82, 2.24) is 10.6 Å². The van der Waals surface area contributed by atoms with Gasteiger partial charge < -0.3 is 10.6 Å². The van der Waals surface area contributed by atoms with Gasteiger partial charge in [0.1, 0.15) is 0 Å². The average molecular weight is 184 g/mol. The minimum atomic E-state index is 0.508. The molecule has 0 aromatic rings. The van der Waals surface area contributed by atoms with Crippen molar-refractivity contribution < 1.29 is 0 Å². The second-order valence-corrected chi connectivity index (χ2v) is 4.30. The lowest BCUT2D eigenvalue weighted by molar-refractivity contribution is 0.321. The molecule has 0 spiro atoms. The zero-order chi connectivity index (χ0) is 9.57. The van der Waals surface area contributed by atoms with Gasteiger partial charge in [0.25, 0.3) is 0 Å². The molecule has 0 aromatic carbocycles. The van der Waals surface area contributed by atoms with E-state index in [2.05, 4.69) is 17.7 Å². The van der Waals surface area contributed by atoms with Gasteiger partial charge >= 0.3 is 0 Å². The Kier molecular flexibility index (Phi) is 4.74. The van der Waals surface area contributed by atoms with E-state index in [0.29, 0.717) is 5.54 Å². The van der Waals surface area contributed by atoms with Crippen molar-refractivity contribution in [2.24, 2.45) is 0 Å². The molecule has 0 heterocycles. The summed E-state index contributed by atoms with van der Waals surface area (Å²) >= 11 is 0. The summed E-state index contributed by atoms with van der Waals surface area (Å²) in [6.45, 7) is 1.17. The van der Waals surface area contributed by atoms with Crippen LogP contribution in [0.3, 0.4) is 0 Å². The summed E-state index contributed by atoms with van der Waals surface area (Å²) in [7, 11) is 4.16. The molecular weight excluding hydrogens is 160 g/mol. The first kappa shape index (κ1) is 11.0. The Hall–Kier alpha value is -0.0800. The maximum Gasteiger partial charge on any atom is 0.0178 e. The molecule has 2 nitrogen and oxygen atoms in total. The fourth-order valence-corrected chi connectivity index (χ4v) is 2.44. The van der Waals surface area contributed by atoms with E-state index >= 15 is 0 Å². The van der Waals surface area contributed by atoms with E-state index < -0.39 is 0 Å². The number of rotatable bonds is 6. The van der Waals surface area contributed by atoms with E-state index in [0.717, 1.165) is 0 Å². The molecule has 1 rings (SSSR count). The van der Waals surface area contributed by atoms with Crippen LogP contribution in [-0.4, -0.2) is 26.2 Å². The molecule has 0 unspecified atom stereocenters. The van der Waals surface area contributed by atoms with E-state index in [1.54, 1.807) is 0 Å². The summed E-state index contributed by atoms with van der Waals surface area (Å²) in [5.41, 5.74) is 0.508. The van der Waals surface area contributed by atoms with Crippen LogP contribution >= 0.6 is 0 Å². The largest absolute Gasteiger partial charge is 0.320 e. The van der Waals surface area contributed by atoms with Gasteiger partial charge in [-0.15, -0.1) is 0 Å². The molecule has 1 saturated carbocycles. The number of nitrogens with one attached hydrogen (secondary N) is 2. The Morgan fingerprint density at radius 1 is 1.08 bits per heavy atom. The van der Waals surface area contributed by atoms with Gasteiger partial charge in [0.05, 0.1) is 0 Å². The smallest absolute Gasteiger partial charge is 0.0178 e. The maximum absolute atomic E-state index is 3.53. The molecular formula is C11H24N2. The van der Waals surface area contributed by atoms with Crippen molar-refractivity contribution in [2.45, 2.75) is 50.5 Å². The highest BCUT2D eigenvalue weighted by Crippen LogP contribution is 2.33. The van der Waals surface area contributed by atoms with Gasteiger partial charge in [-0.2, -0.15) is 0 Å². The molecule has 0 aliphatic heterocycles. The van der Waals surface area contributed by atoms with Crippen molar-refractivity contribution in [2.75, 3.05) is 20.6 Å². The minimum Gasteiger partial charge on any atom is -0.320 e. The van der Waals surface area contributed by atoms with Crippen molar-refractivity contribution >= 4 is 0 Å². The van der Waals surface area contributed by atoms with Crippen molar-refractivity contribution in [3.63, 3.8) is 0 Å². The molecule has 78 valence electrons. The lowest BCUT2D eigenvalue weighted by Crippen LogP contribution is -2.39. The molecule has 13 heavy (non-hydrogen) atoms. The Morgan fingerprint density at radius 3 is 2.31 bits per heavy atom. The summed E-state index contributed by atoms with van der Waals surface area (Å²) < 4.78 is 0. The van der Waals surface area contributed by atoms with Crippen LogP contribution in [0, 0.1) is 0 Å². The molecule has 1 aliphatic carbocycles. The van der Waals surface area contributed by atoms with Crippen LogP contribution < -0.4 is 10.6 Å². The molecule has 0 atom stereocenters. The molecule has 0 radical (unpaired) electrons. The average Bonchev–Trinajstić information content (AvgIpc) is 2.62. The standard InChI is InChI=1S/C11H24N2/c1-12-10-6-5-9-11(13-2)7-3-4-8-11/h12-13H,3-10H2,1-2H3. The monoisotopic (exact) mass is 184 g/mol. The summed E-state index contributed by atoms with van der Waals surface area (Å²) in [6.07, 6.45) is 9.68. The van der Waals surface area contributed by atoms with Gasteiger partial charge in [-0.1, -0.05) is 19.3 Å². The number of unbranched alkanes of at least 4 members (excludes halogenated alkanes) is 1. The second-order valence-electron chi connectivity index (χ2n) is 4.30. The minimum absolute atomic E-state index is 0.508. The summed E-state index contributed by atoms with van der Waals surface area (Å²) in [5, 5.41) is 6.74. The number of hydrogen-bond donors (Lipinski definition) is 2. The van der Waals surface area contributed by atoms with Gasteiger partial charge in [-0.3, -0.25) is 0 Å². The fourth-order valence-electron chi connectivity index (χ4n) is 2.44. The predicted octanol–water partition coefficient (Wildman–Crippen LogP) is 1.91. The highest BCUT2D eigenvalue weighted by molar-refractivity contribution is 4.91. The van der Waals surface area contributed by atoms with Crippen LogP contribution in [0.15, 0.2) is 0 Å². The maximum atomic E-state index is 3.53. The van der Waals surface area contributed by atoms with Crippen molar-refractivity contribution in [3.05, 3.63) is 0 Å². The second kappa shape index (κ2) is 5.61. The topological polar surface area (TPSA) is 24.1 Å². The summed E-state index contributed by atoms with van der Waals surface area (Å²) in [6, 6.07) is 0. The van der Waals surface area contributed by atoms with Crippen LogP contribution in [0.5, 0.6) is 0 Å². The van der Waals surface area contributed by atoms with Crippen molar-refractivity contribution in [1.29, 1.82) is 0 Å². The molecule has 1 aliphatic rings. The molecule has 0 saturated heterocycles. The molecule has 0 aromatic heterocycles. The zero-order valence-electron chi connectivity index (χ0n) is 9.16. The third-order valence-electron chi connectivity index (χ3n) is 3.42. The third-order valence-corrected chi connectivity index (χ3v) is 3.42. The highest BCUT2D eigenvalue weighted by Gasteiger charge is 2.30.